The molecule has 0 aliphatic carbocycles. The Balaban J connectivity index is 1.37. The molecule has 2 saturated heterocycles. The van der Waals surface area contributed by atoms with Crippen molar-refractivity contribution in [2.75, 3.05) is 43.4 Å². The van der Waals surface area contributed by atoms with E-state index in [4.69, 9.17) is 0 Å². The van der Waals surface area contributed by atoms with E-state index in [0.717, 1.165) is 0 Å². The quantitative estimate of drug-likeness (QED) is 0.593. The summed E-state index contributed by atoms with van der Waals surface area (Å²) in [6.45, 7) is 1.75. The standard InChI is InChI=1S/C22H22FN5O4/c23-14-5-7-15(8-6-14)25-20(30)17-3-1-2-4-18(17)26-19(29)13-27-9-10-28-16(12-27)11-24-21(31)22(28)32/h1-8,16H,9-13H2,(H,24,31)(H,25,30)(H,26,29)/t16-/m0/s1. The summed E-state index contributed by atoms with van der Waals surface area (Å²) < 4.78 is 13.1. The number of nitrogens with one attached hydrogen (secondary N) is 3. The fourth-order valence-electron chi connectivity index (χ4n) is 3.84. The van der Waals surface area contributed by atoms with Gasteiger partial charge in [-0.3, -0.25) is 24.1 Å². The van der Waals surface area contributed by atoms with Gasteiger partial charge in [0.25, 0.3) is 5.91 Å². The number of amides is 4. The van der Waals surface area contributed by atoms with Gasteiger partial charge in [-0.1, -0.05) is 12.1 Å². The van der Waals surface area contributed by atoms with Gasteiger partial charge in [-0.05, 0) is 36.4 Å². The normalized spacial score (nSPS) is 18.5. The predicted molar refractivity (Wildman–Crippen MR) is 114 cm³/mol. The number of carbonyl (C=O) groups excluding carboxylic acids is 4. The van der Waals surface area contributed by atoms with Crippen molar-refractivity contribution in [3.05, 3.63) is 59.9 Å². The molecular weight excluding hydrogens is 417 g/mol. The molecule has 2 aliphatic heterocycles. The molecule has 9 nitrogen and oxygen atoms in total. The third-order valence-corrected chi connectivity index (χ3v) is 5.44. The lowest BCUT2D eigenvalue weighted by molar-refractivity contribution is -0.152. The molecule has 0 saturated carbocycles. The Bertz CT molecular complexity index is 1060. The highest BCUT2D eigenvalue weighted by atomic mass is 19.1. The van der Waals surface area contributed by atoms with Crippen molar-refractivity contribution in [2.45, 2.75) is 6.04 Å². The number of anilines is 2. The van der Waals surface area contributed by atoms with Crippen LogP contribution in [0.4, 0.5) is 15.8 Å². The predicted octanol–water partition coefficient (Wildman–Crippen LogP) is 0.659. The van der Waals surface area contributed by atoms with E-state index in [9.17, 15) is 23.6 Å². The summed E-state index contributed by atoms with van der Waals surface area (Å²) in [7, 11) is 0. The highest BCUT2D eigenvalue weighted by Gasteiger charge is 2.37. The van der Waals surface area contributed by atoms with Crippen LogP contribution in [-0.2, 0) is 14.4 Å². The zero-order valence-electron chi connectivity index (χ0n) is 17.1. The largest absolute Gasteiger partial charge is 0.346 e. The summed E-state index contributed by atoms with van der Waals surface area (Å²) in [6, 6.07) is 11.8. The molecule has 2 aromatic rings. The second-order valence-electron chi connectivity index (χ2n) is 7.65. The van der Waals surface area contributed by atoms with Gasteiger partial charge in [0.1, 0.15) is 5.82 Å². The lowest BCUT2D eigenvalue weighted by atomic mass is 10.1. The van der Waals surface area contributed by atoms with Crippen molar-refractivity contribution in [2.24, 2.45) is 0 Å². The Hall–Kier alpha value is -3.79. The van der Waals surface area contributed by atoms with E-state index in [2.05, 4.69) is 16.0 Å². The fourth-order valence-corrected chi connectivity index (χ4v) is 3.84. The van der Waals surface area contributed by atoms with Gasteiger partial charge in [-0.15, -0.1) is 0 Å². The van der Waals surface area contributed by atoms with Crippen LogP contribution in [0.3, 0.4) is 0 Å². The molecule has 4 amide bonds. The first-order valence-corrected chi connectivity index (χ1v) is 10.2. The molecule has 0 radical (unpaired) electrons. The molecule has 3 N–H and O–H groups in total. The van der Waals surface area contributed by atoms with Gasteiger partial charge in [-0.2, -0.15) is 0 Å². The third kappa shape index (κ3) is 4.75. The van der Waals surface area contributed by atoms with E-state index >= 15 is 0 Å². The number of para-hydroxylation sites is 1. The molecule has 4 rings (SSSR count). The van der Waals surface area contributed by atoms with Crippen molar-refractivity contribution < 1.29 is 23.6 Å². The van der Waals surface area contributed by atoms with Crippen LogP contribution in [0.25, 0.3) is 0 Å². The first kappa shape index (κ1) is 21.4. The van der Waals surface area contributed by atoms with E-state index in [1.807, 2.05) is 4.90 Å². The summed E-state index contributed by atoms with van der Waals surface area (Å²) >= 11 is 0. The Morgan fingerprint density at radius 3 is 2.56 bits per heavy atom. The fraction of sp³-hybridized carbons (Fsp3) is 0.273. The van der Waals surface area contributed by atoms with Gasteiger partial charge >= 0.3 is 11.8 Å². The second-order valence-corrected chi connectivity index (χ2v) is 7.65. The van der Waals surface area contributed by atoms with Crippen LogP contribution in [0, 0.1) is 5.82 Å². The van der Waals surface area contributed by atoms with Crippen molar-refractivity contribution in [3.8, 4) is 0 Å². The monoisotopic (exact) mass is 439 g/mol. The maximum absolute atomic E-state index is 13.1. The lowest BCUT2D eigenvalue weighted by Crippen LogP contribution is -2.65. The minimum atomic E-state index is -0.594. The van der Waals surface area contributed by atoms with Crippen molar-refractivity contribution in [3.63, 3.8) is 0 Å². The molecule has 2 heterocycles. The molecule has 10 heteroatoms. The minimum Gasteiger partial charge on any atom is -0.346 e. The van der Waals surface area contributed by atoms with Crippen molar-refractivity contribution in [1.82, 2.24) is 15.1 Å². The van der Waals surface area contributed by atoms with Gasteiger partial charge in [0.15, 0.2) is 0 Å². The summed E-state index contributed by atoms with van der Waals surface area (Å²) in [5.41, 5.74) is 1.07. The van der Waals surface area contributed by atoms with Crippen LogP contribution in [-0.4, -0.2) is 72.2 Å². The van der Waals surface area contributed by atoms with Gasteiger partial charge in [0.2, 0.25) is 5.91 Å². The topological polar surface area (TPSA) is 111 Å². The van der Waals surface area contributed by atoms with Gasteiger partial charge < -0.3 is 20.9 Å². The van der Waals surface area contributed by atoms with Gasteiger partial charge in [0, 0.05) is 31.9 Å². The molecule has 166 valence electrons. The molecular formula is C22H22FN5O4. The van der Waals surface area contributed by atoms with Crippen LogP contribution < -0.4 is 16.0 Å². The molecule has 2 aromatic carbocycles. The first-order valence-electron chi connectivity index (χ1n) is 10.2. The number of hydrogen-bond acceptors (Lipinski definition) is 5. The number of halogens is 1. The summed E-state index contributed by atoms with van der Waals surface area (Å²) in [5, 5.41) is 8.01. The number of hydrogen-bond donors (Lipinski definition) is 3. The Morgan fingerprint density at radius 1 is 1.03 bits per heavy atom. The van der Waals surface area contributed by atoms with Gasteiger partial charge in [-0.25, -0.2) is 4.39 Å². The van der Waals surface area contributed by atoms with E-state index in [1.165, 1.54) is 24.3 Å². The second kappa shape index (κ2) is 9.15. The van der Waals surface area contributed by atoms with E-state index in [1.54, 1.807) is 29.2 Å². The van der Waals surface area contributed by atoms with E-state index < -0.39 is 23.5 Å². The smallest absolute Gasteiger partial charge is 0.312 e. The van der Waals surface area contributed by atoms with Crippen LogP contribution in [0.1, 0.15) is 10.4 Å². The number of fused-ring (bicyclic) bond motifs is 1. The molecule has 2 fully saturated rings. The number of rotatable bonds is 5. The zero-order valence-corrected chi connectivity index (χ0v) is 17.1. The average Bonchev–Trinajstić information content (AvgIpc) is 2.78. The van der Waals surface area contributed by atoms with Gasteiger partial charge in [0.05, 0.1) is 23.8 Å². The first-order chi connectivity index (χ1) is 15.4. The SMILES string of the molecule is O=C(CN1CCN2C(=O)C(=O)NC[C@H]2C1)Nc1ccccc1C(=O)Nc1ccc(F)cc1. The Kier molecular flexibility index (Phi) is 6.13. The summed E-state index contributed by atoms with van der Waals surface area (Å²) in [4.78, 5) is 52.2. The molecule has 0 unspecified atom stereocenters. The summed E-state index contributed by atoms with van der Waals surface area (Å²) in [5.74, 6) is -2.27. The highest BCUT2D eigenvalue weighted by molar-refractivity contribution is 6.35. The van der Waals surface area contributed by atoms with Crippen LogP contribution in [0.15, 0.2) is 48.5 Å². The molecule has 1 atom stereocenters. The van der Waals surface area contributed by atoms with E-state index in [0.29, 0.717) is 37.6 Å². The third-order valence-electron chi connectivity index (χ3n) is 5.44. The molecule has 32 heavy (non-hydrogen) atoms. The zero-order chi connectivity index (χ0) is 22.7. The maximum atomic E-state index is 13.1. The van der Waals surface area contributed by atoms with Crippen molar-refractivity contribution in [1.29, 1.82) is 0 Å². The molecule has 0 aromatic heterocycles. The van der Waals surface area contributed by atoms with Crippen LogP contribution in [0.5, 0.6) is 0 Å². The van der Waals surface area contributed by atoms with Crippen molar-refractivity contribution >= 4 is 35.0 Å². The van der Waals surface area contributed by atoms with Crippen LogP contribution >= 0.6 is 0 Å². The van der Waals surface area contributed by atoms with E-state index in [-0.39, 0.29) is 24.1 Å². The van der Waals surface area contributed by atoms with Crippen LogP contribution in [0.2, 0.25) is 0 Å². The number of carbonyl (C=O) groups is 4. The Labute approximate surface area is 183 Å². The number of piperazine rings is 2. The minimum absolute atomic E-state index is 0.0837. The maximum Gasteiger partial charge on any atom is 0.312 e. The summed E-state index contributed by atoms with van der Waals surface area (Å²) in [6.07, 6.45) is 0. The molecule has 2 aliphatic rings. The molecule has 0 bridgehead atoms. The Morgan fingerprint density at radius 2 is 1.78 bits per heavy atom. The lowest BCUT2D eigenvalue weighted by Gasteiger charge is -2.43. The number of nitrogens with zero attached hydrogens (tertiary/aromatic N) is 2. The average molecular weight is 439 g/mol. The molecule has 0 spiro atoms. The highest BCUT2D eigenvalue weighted by Crippen LogP contribution is 2.18. The number of benzene rings is 2.